The van der Waals surface area contributed by atoms with E-state index < -0.39 is 36.8 Å². The van der Waals surface area contributed by atoms with Gasteiger partial charge in [-0.05, 0) is 13.3 Å². The fourth-order valence-corrected chi connectivity index (χ4v) is 4.09. The van der Waals surface area contributed by atoms with Gasteiger partial charge in [0, 0.05) is 13.2 Å². The minimum absolute atomic E-state index is 0.221. The highest BCUT2D eigenvalue weighted by molar-refractivity contribution is 4.87. The average Bonchev–Trinajstić information content (AvgIpc) is 2.79. The van der Waals surface area contributed by atoms with Gasteiger partial charge in [0.1, 0.15) is 18.3 Å². The topological polar surface area (TPSA) is 114 Å². The first-order valence-electron chi connectivity index (χ1n) is 13.1. The van der Waals surface area contributed by atoms with Gasteiger partial charge in [-0.25, -0.2) is 0 Å². The van der Waals surface area contributed by atoms with E-state index in [4.69, 9.17) is 19.9 Å². The molecule has 0 saturated carbocycles. The lowest BCUT2D eigenvalue weighted by Crippen LogP contribution is -2.58. The fraction of sp³-hybridized carbons (Fsp3) is 1.00. The van der Waals surface area contributed by atoms with Crippen LogP contribution in [0.25, 0.3) is 0 Å². The third-order valence-corrected chi connectivity index (χ3v) is 6.34. The molecule has 0 aromatic carbocycles. The lowest BCUT2D eigenvalue weighted by molar-refractivity contribution is -0.305. The largest absolute Gasteiger partial charge is 0.388 e. The van der Waals surface area contributed by atoms with Crippen molar-refractivity contribution in [2.45, 2.75) is 141 Å². The van der Waals surface area contributed by atoms with Crippen LogP contribution in [0.5, 0.6) is 0 Å². The van der Waals surface area contributed by atoms with Crippen molar-refractivity contribution in [3.8, 4) is 0 Å². The summed E-state index contributed by atoms with van der Waals surface area (Å²) in [5, 5.41) is 29.7. The summed E-state index contributed by atoms with van der Waals surface area (Å²) in [4.78, 5) is 0. The number of nitrogens with two attached hydrogens (primary N) is 1. The molecule has 0 radical (unpaired) electrons. The van der Waals surface area contributed by atoms with E-state index in [-0.39, 0.29) is 6.54 Å². The Hall–Kier alpha value is -0.280. The molecule has 7 nitrogen and oxygen atoms in total. The minimum Gasteiger partial charge on any atom is -0.388 e. The molecule has 3 unspecified atom stereocenters. The standard InChI is InChI=1S/C25H51NO6/c1-3-4-5-6-7-8-9-10-11-12-13-14-15-16-17-30-19-21(18-26)32-25-24(29)23(28)22(27)20(2)31-25/h20-25,27-29H,3-19,26H2,1-2H3/t20?,21?,22-,23-,24?,25-/m0/s1. The van der Waals surface area contributed by atoms with E-state index in [1.54, 1.807) is 6.92 Å². The number of aliphatic hydroxyl groups is 3. The highest BCUT2D eigenvalue weighted by Gasteiger charge is 2.43. The molecule has 1 aliphatic heterocycles. The molecule has 6 atom stereocenters. The van der Waals surface area contributed by atoms with Crippen molar-refractivity contribution in [1.29, 1.82) is 0 Å². The fourth-order valence-electron chi connectivity index (χ4n) is 4.09. The molecule has 1 aliphatic rings. The Bertz CT molecular complexity index is 427. The van der Waals surface area contributed by atoms with Crippen LogP contribution in [0.15, 0.2) is 0 Å². The summed E-state index contributed by atoms with van der Waals surface area (Å²) in [6.45, 7) is 5.08. The summed E-state index contributed by atoms with van der Waals surface area (Å²) in [5.41, 5.74) is 5.74. The molecule has 1 fully saturated rings. The number of unbranched alkanes of at least 4 members (excludes halogenated alkanes) is 13. The first-order valence-corrected chi connectivity index (χ1v) is 13.1. The summed E-state index contributed by atoms with van der Waals surface area (Å²) in [5.74, 6) is 0. The van der Waals surface area contributed by atoms with E-state index in [0.29, 0.717) is 13.2 Å². The highest BCUT2D eigenvalue weighted by atomic mass is 16.7. The van der Waals surface area contributed by atoms with Crippen LogP contribution in [0, 0.1) is 0 Å². The van der Waals surface area contributed by atoms with Crippen LogP contribution in [0.2, 0.25) is 0 Å². The van der Waals surface area contributed by atoms with Gasteiger partial charge in [0.15, 0.2) is 6.29 Å². The van der Waals surface area contributed by atoms with Crippen LogP contribution in [0.1, 0.15) is 104 Å². The molecule has 0 bridgehead atoms. The van der Waals surface area contributed by atoms with Crippen molar-refractivity contribution in [2.75, 3.05) is 19.8 Å². The van der Waals surface area contributed by atoms with Gasteiger partial charge in [-0.3, -0.25) is 0 Å². The van der Waals surface area contributed by atoms with Gasteiger partial charge in [0.25, 0.3) is 0 Å². The predicted octanol–water partition coefficient (Wildman–Crippen LogP) is 3.66. The zero-order valence-electron chi connectivity index (χ0n) is 20.6. The number of hydrogen-bond acceptors (Lipinski definition) is 7. The molecule has 7 heteroatoms. The second-order valence-electron chi connectivity index (χ2n) is 9.35. The summed E-state index contributed by atoms with van der Waals surface area (Å²) in [7, 11) is 0. The third-order valence-electron chi connectivity index (χ3n) is 6.34. The van der Waals surface area contributed by atoms with Crippen LogP contribution in [-0.2, 0) is 14.2 Å². The Morgan fingerprint density at radius 1 is 0.750 bits per heavy atom. The molecule has 0 amide bonds. The van der Waals surface area contributed by atoms with E-state index in [1.165, 1.54) is 77.0 Å². The van der Waals surface area contributed by atoms with Crippen molar-refractivity contribution in [1.82, 2.24) is 0 Å². The van der Waals surface area contributed by atoms with Gasteiger partial charge < -0.3 is 35.3 Å². The van der Waals surface area contributed by atoms with Crippen molar-refractivity contribution in [3.05, 3.63) is 0 Å². The monoisotopic (exact) mass is 461 g/mol. The van der Waals surface area contributed by atoms with Crippen molar-refractivity contribution in [2.24, 2.45) is 5.73 Å². The third kappa shape index (κ3) is 12.8. The first kappa shape index (κ1) is 29.8. The number of ether oxygens (including phenoxy) is 3. The molecule has 1 saturated heterocycles. The maximum Gasteiger partial charge on any atom is 0.187 e. The van der Waals surface area contributed by atoms with E-state index in [1.807, 2.05) is 0 Å². The smallest absolute Gasteiger partial charge is 0.187 e. The molecule has 0 aliphatic carbocycles. The van der Waals surface area contributed by atoms with Crippen molar-refractivity contribution < 1.29 is 29.5 Å². The molecule has 0 aromatic heterocycles. The number of aliphatic hydroxyl groups excluding tert-OH is 3. The van der Waals surface area contributed by atoms with Crippen LogP contribution < -0.4 is 5.73 Å². The first-order chi connectivity index (χ1) is 15.5. The zero-order valence-corrected chi connectivity index (χ0v) is 20.6. The second-order valence-corrected chi connectivity index (χ2v) is 9.35. The lowest BCUT2D eigenvalue weighted by Gasteiger charge is -2.40. The van der Waals surface area contributed by atoms with Gasteiger partial charge in [0.2, 0.25) is 0 Å². The van der Waals surface area contributed by atoms with E-state index in [0.717, 1.165) is 12.8 Å². The van der Waals surface area contributed by atoms with Crippen molar-refractivity contribution >= 4 is 0 Å². The molecule has 5 N–H and O–H groups in total. The van der Waals surface area contributed by atoms with Crippen LogP contribution in [0.4, 0.5) is 0 Å². The molecule has 1 heterocycles. The maximum absolute atomic E-state index is 10.0. The number of hydrogen-bond donors (Lipinski definition) is 4. The molecule has 1 rings (SSSR count). The molecule has 192 valence electrons. The van der Waals surface area contributed by atoms with E-state index >= 15 is 0 Å². The van der Waals surface area contributed by atoms with Gasteiger partial charge in [-0.2, -0.15) is 0 Å². The summed E-state index contributed by atoms with van der Waals surface area (Å²) < 4.78 is 16.8. The highest BCUT2D eigenvalue weighted by Crippen LogP contribution is 2.22. The Balaban J connectivity index is 1.94. The van der Waals surface area contributed by atoms with E-state index in [2.05, 4.69) is 6.92 Å². The van der Waals surface area contributed by atoms with Gasteiger partial charge in [-0.1, -0.05) is 90.4 Å². The summed E-state index contributed by atoms with van der Waals surface area (Å²) in [6.07, 6.45) is 12.7. The Morgan fingerprint density at radius 2 is 1.25 bits per heavy atom. The van der Waals surface area contributed by atoms with Crippen LogP contribution in [-0.4, -0.2) is 71.9 Å². The average molecular weight is 462 g/mol. The quantitative estimate of drug-likeness (QED) is 0.205. The Labute approximate surface area is 196 Å². The zero-order chi connectivity index (χ0) is 23.6. The molecular weight excluding hydrogens is 410 g/mol. The normalized spacial score (nSPS) is 27.0. The number of rotatable bonds is 20. The molecule has 32 heavy (non-hydrogen) atoms. The lowest BCUT2D eigenvalue weighted by atomic mass is 10.00. The molecule has 0 aromatic rings. The molecular formula is C25H51NO6. The predicted molar refractivity (Wildman–Crippen MR) is 127 cm³/mol. The maximum atomic E-state index is 10.0. The molecule has 0 spiro atoms. The van der Waals surface area contributed by atoms with Gasteiger partial charge in [0.05, 0.1) is 18.8 Å². The van der Waals surface area contributed by atoms with Gasteiger partial charge in [-0.15, -0.1) is 0 Å². The van der Waals surface area contributed by atoms with Crippen molar-refractivity contribution in [3.63, 3.8) is 0 Å². The van der Waals surface area contributed by atoms with Gasteiger partial charge >= 0.3 is 0 Å². The Kier molecular flexibility index (Phi) is 17.7. The summed E-state index contributed by atoms with van der Waals surface area (Å²) >= 11 is 0. The summed E-state index contributed by atoms with van der Waals surface area (Å²) in [6, 6.07) is 0. The van der Waals surface area contributed by atoms with Crippen LogP contribution >= 0.6 is 0 Å². The SMILES string of the molecule is CCCCCCCCCCCCCCCCOCC(CN)O[C@@H]1OC(C)[C@H](O)[C@H](O)C1O. The van der Waals surface area contributed by atoms with Crippen LogP contribution in [0.3, 0.4) is 0 Å². The Morgan fingerprint density at radius 3 is 1.75 bits per heavy atom. The minimum atomic E-state index is -1.32. The van der Waals surface area contributed by atoms with E-state index in [9.17, 15) is 15.3 Å². The second kappa shape index (κ2) is 19.1.